The molecule has 0 aliphatic heterocycles. The molecule has 0 aliphatic rings. The maximum absolute atomic E-state index is 11.7. The Bertz CT molecular complexity index is 379. The minimum Gasteiger partial charge on any atom is -0.352 e. The number of hydrogen-bond donors (Lipinski definition) is 2. The van der Waals surface area contributed by atoms with Crippen molar-refractivity contribution in [3.63, 3.8) is 0 Å². The first-order chi connectivity index (χ1) is 7.15. The molecule has 0 bridgehead atoms. The first kappa shape index (κ1) is 12.3. The minimum atomic E-state index is -0.0976. The van der Waals surface area contributed by atoms with E-state index >= 15 is 0 Å². The molecule has 0 spiro atoms. The van der Waals surface area contributed by atoms with E-state index in [2.05, 4.69) is 40.5 Å². The molecule has 2 nitrogen and oxygen atoms in total. The van der Waals surface area contributed by atoms with E-state index in [4.69, 9.17) is 0 Å². The fourth-order valence-electron chi connectivity index (χ4n) is 1.07. The highest BCUT2D eigenvalue weighted by molar-refractivity contribution is 9.10. The third kappa shape index (κ3) is 3.72. The number of benzene rings is 1. The van der Waals surface area contributed by atoms with Crippen LogP contribution in [0.3, 0.4) is 0 Å². The molecule has 0 unspecified atom stereocenters. The molecule has 0 fully saturated rings. The van der Waals surface area contributed by atoms with Crippen molar-refractivity contribution >= 4 is 34.5 Å². The van der Waals surface area contributed by atoms with E-state index in [1.165, 1.54) is 0 Å². The Labute approximate surface area is 103 Å². The van der Waals surface area contributed by atoms with Crippen molar-refractivity contribution in [3.05, 3.63) is 40.9 Å². The number of hydrogen-bond acceptors (Lipinski definition) is 2. The van der Waals surface area contributed by atoms with Gasteiger partial charge in [0.1, 0.15) is 0 Å². The smallest absolute Gasteiger partial charge is 0.252 e. The van der Waals surface area contributed by atoms with Crippen LogP contribution in [0.2, 0.25) is 0 Å². The van der Waals surface area contributed by atoms with Gasteiger partial charge in [0.15, 0.2) is 0 Å². The van der Waals surface area contributed by atoms with E-state index in [1.807, 2.05) is 12.1 Å². The molecule has 1 amide bonds. The van der Waals surface area contributed by atoms with Crippen LogP contribution in [-0.2, 0) is 0 Å². The van der Waals surface area contributed by atoms with Gasteiger partial charge in [-0.3, -0.25) is 4.79 Å². The summed E-state index contributed by atoms with van der Waals surface area (Å²) in [7, 11) is 0. The molecule has 1 rings (SSSR count). The van der Waals surface area contributed by atoms with Crippen LogP contribution >= 0.6 is 28.6 Å². The van der Waals surface area contributed by atoms with Gasteiger partial charge >= 0.3 is 0 Å². The molecule has 0 saturated carbocycles. The summed E-state index contributed by atoms with van der Waals surface area (Å²) in [5.74, 6) is -0.0976. The molecule has 0 atom stereocenters. The maximum Gasteiger partial charge on any atom is 0.252 e. The van der Waals surface area contributed by atoms with Crippen molar-refractivity contribution in [2.75, 3.05) is 6.54 Å². The Kier molecular flexibility index (Phi) is 4.91. The van der Waals surface area contributed by atoms with E-state index in [-0.39, 0.29) is 5.91 Å². The number of halogens is 1. The Morgan fingerprint density at radius 2 is 2.33 bits per heavy atom. The van der Waals surface area contributed by atoms with Crippen molar-refractivity contribution in [2.45, 2.75) is 11.3 Å². The van der Waals surface area contributed by atoms with Gasteiger partial charge in [-0.05, 0) is 40.5 Å². The lowest BCUT2D eigenvalue weighted by Gasteiger charge is -2.06. The number of nitrogens with one attached hydrogen (secondary N) is 1. The van der Waals surface area contributed by atoms with E-state index in [1.54, 1.807) is 12.1 Å². The lowest BCUT2D eigenvalue weighted by molar-refractivity contribution is 0.0953. The number of carbonyl (C=O) groups is 1. The predicted octanol–water partition coefficient (Wildman–Crippen LogP) is 3.04. The van der Waals surface area contributed by atoms with Gasteiger partial charge in [0.05, 0.1) is 5.56 Å². The van der Waals surface area contributed by atoms with Gasteiger partial charge < -0.3 is 5.32 Å². The molecule has 0 saturated heterocycles. The van der Waals surface area contributed by atoms with Gasteiger partial charge in [-0.1, -0.05) is 6.08 Å². The monoisotopic (exact) mass is 285 g/mol. The summed E-state index contributed by atoms with van der Waals surface area (Å²) in [6, 6.07) is 5.37. The van der Waals surface area contributed by atoms with Crippen LogP contribution in [-0.4, -0.2) is 12.5 Å². The molecule has 1 N–H and O–H groups in total. The molecular formula is C11H12BrNOS. The molecule has 15 heavy (non-hydrogen) atoms. The predicted molar refractivity (Wildman–Crippen MR) is 68.5 cm³/mol. The molecule has 0 heterocycles. The topological polar surface area (TPSA) is 29.1 Å². The van der Waals surface area contributed by atoms with Crippen LogP contribution in [0.4, 0.5) is 0 Å². The fourth-order valence-corrected chi connectivity index (χ4v) is 1.70. The van der Waals surface area contributed by atoms with Crippen LogP contribution < -0.4 is 5.32 Å². The first-order valence-electron chi connectivity index (χ1n) is 4.52. The lowest BCUT2D eigenvalue weighted by atomic mass is 10.2. The zero-order chi connectivity index (χ0) is 11.3. The van der Waals surface area contributed by atoms with Gasteiger partial charge in [-0.2, -0.15) is 0 Å². The van der Waals surface area contributed by atoms with E-state index in [0.29, 0.717) is 12.1 Å². The highest BCUT2D eigenvalue weighted by Crippen LogP contribution is 2.19. The summed E-state index contributed by atoms with van der Waals surface area (Å²) in [6.45, 7) is 4.19. The highest BCUT2D eigenvalue weighted by Gasteiger charge is 2.08. The number of rotatable bonds is 4. The Balaban J connectivity index is 2.72. The van der Waals surface area contributed by atoms with Crippen molar-refractivity contribution in [3.8, 4) is 0 Å². The second-order valence-electron chi connectivity index (χ2n) is 3.00. The molecule has 0 radical (unpaired) electrons. The summed E-state index contributed by atoms with van der Waals surface area (Å²) in [5.41, 5.74) is 0.603. The van der Waals surface area contributed by atoms with Gasteiger partial charge in [-0.25, -0.2) is 0 Å². The largest absolute Gasteiger partial charge is 0.352 e. The standard InChI is InChI=1S/C11H12BrNOS/c1-2-3-6-13-11(14)9-7-8(15)4-5-10(9)12/h2,4-5,7,15H,1,3,6H2,(H,13,14). The summed E-state index contributed by atoms with van der Waals surface area (Å²) in [5, 5.41) is 2.79. The van der Waals surface area contributed by atoms with Crippen molar-refractivity contribution in [1.82, 2.24) is 5.32 Å². The molecule has 0 aliphatic carbocycles. The average molecular weight is 286 g/mol. The van der Waals surface area contributed by atoms with E-state index in [9.17, 15) is 4.79 Å². The third-order valence-electron chi connectivity index (χ3n) is 1.83. The van der Waals surface area contributed by atoms with Gasteiger partial charge in [0.25, 0.3) is 5.91 Å². The average Bonchev–Trinajstić information content (AvgIpc) is 2.22. The Hall–Kier alpha value is -0.740. The van der Waals surface area contributed by atoms with Crippen LogP contribution in [0.5, 0.6) is 0 Å². The van der Waals surface area contributed by atoms with Gasteiger partial charge in [0.2, 0.25) is 0 Å². The summed E-state index contributed by atoms with van der Waals surface area (Å²) >= 11 is 7.51. The van der Waals surface area contributed by atoms with E-state index < -0.39 is 0 Å². The normalized spacial score (nSPS) is 9.73. The minimum absolute atomic E-state index is 0.0976. The van der Waals surface area contributed by atoms with Crippen molar-refractivity contribution in [1.29, 1.82) is 0 Å². The lowest BCUT2D eigenvalue weighted by Crippen LogP contribution is -2.24. The van der Waals surface area contributed by atoms with Crippen molar-refractivity contribution in [2.24, 2.45) is 0 Å². The van der Waals surface area contributed by atoms with Crippen LogP contribution in [0.1, 0.15) is 16.8 Å². The molecule has 1 aromatic rings. The van der Waals surface area contributed by atoms with Gasteiger partial charge in [0, 0.05) is 15.9 Å². The molecule has 80 valence electrons. The van der Waals surface area contributed by atoms with Gasteiger partial charge in [-0.15, -0.1) is 19.2 Å². The Morgan fingerprint density at radius 1 is 1.60 bits per heavy atom. The zero-order valence-electron chi connectivity index (χ0n) is 8.16. The van der Waals surface area contributed by atoms with Crippen LogP contribution in [0.25, 0.3) is 0 Å². The van der Waals surface area contributed by atoms with E-state index in [0.717, 1.165) is 15.8 Å². The maximum atomic E-state index is 11.7. The number of carbonyl (C=O) groups excluding carboxylic acids is 1. The molecule has 4 heteroatoms. The highest BCUT2D eigenvalue weighted by atomic mass is 79.9. The second-order valence-corrected chi connectivity index (χ2v) is 4.37. The molecule has 1 aromatic carbocycles. The number of amides is 1. The fraction of sp³-hybridized carbons (Fsp3) is 0.182. The summed E-state index contributed by atoms with van der Waals surface area (Å²) in [6.07, 6.45) is 2.54. The Morgan fingerprint density at radius 3 is 3.00 bits per heavy atom. The number of thiol groups is 1. The molecular weight excluding hydrogens is 274 g/mol. The van der Waals surface area contributed by atoms with Crippen LogP contribution in [0, 0.1) is 0 Å². The quantitative estimate of drug-likeness (QED) is 0.497. The first-order valence-corrected chi connectivity index (χ1v) is 5.77. The summed E-state index contributed by atoms with van der Waals surface area (Å²) in [4.78, 5) is 12.5. The molecule has 0 aromatic heterocycles. The van der Waals surface area contributed by atoms with Crippen molar-refractivity contribution < 1.29 is 4.79 Å². The third-order valence-corrected chi connectivity index (χ3v) is 2.80. The van der Waals surface area contributed by atoms with Crippen LogP contribution in [0.15, 0.2) is 40.2 Å². The SMILES string of the molecule is C=CCCNC(=O)c1cc(S)ccc1Br. The summed E-state index contributed by atoms with van der Waals surface area (Å²) < 4.78 is 0.774. The zero-order valence-corrected chi connectivity index (χ0v) is 10.6. The second kappa shape index (κ2) is 5.98.